The van der Waals surface area contributed by atoms with Gasteiger partial charge in [0.25, 0.3) is 5.56 Å². The number of hydrogen-bond donors (Lipinski definition) is 1. The molecule has 1 aromatic heterocycles. The number of anilines is 1. The zero-order chi connectivity index (χ0) is 14.4. The first-order valence-electron chi connectivity index (χ1n) is 5.63. The predicted octanol–water partition coefficient (Wildman–Crippen LogP) is 1.00. The number of nitrogens with one attached hydrogen (secondary N) is 1. The first-order valence-corrected chi connectivity index (χ1v) is 6.42. The molecule has 0 aliphatic rings. The summed E-state index contributed by atoms with van der Waals surface area (Å²) in [5.41, 5.74) is 0.0535. The molecular formula is C12H14BrN3O3. The third-order valence-electron chi connectivity index (χ3n) is 2.24. The van der Waals surface area contributed by atoms with Crippen molar-refractivity contribution in [1.29, 1.82) is 0 Å². The lowest BCUT2D eigenvalue weighted by molar-refractivity contribution is -0.143. The minimum Gasteiger partial charge on any atom is -0.464 e. The zero-order valence-electron chi connectivity index (χ0n) is 10.6. The maximum Gasteiger partial charge on any atom is 0.328 e. The van der Waals surface area contributed by atoms with Crippen molar-refractivity contribution in [3.63, 3.8) is 0 Å². The molecule has 102 valence electrons. The number of nitrogens with zero attached hydrogens (tertiary/aromatic N) is 2. The van der Waals surface area contributed by atoms with E-state index in [1.165, 1.54) is 6.20 Å². The Hall–Kier alpha value is -1.81. The molecule has 0 saturated heterocycles. The molecule has 1 rings (SSSR count). The summed E-state index contributed by atoms with van der Waals surface area (Å²) in [7, 11) is 0. The number of terminal acetylenes is 1. The molecule has 0 saturated carbocycles. The van der Waals surface area contributed by atoms with E-state index in [0.717, 1.165) is 4.68 Å². The van der Waals surface area contributed by atoms with Gasteiger partial charge in [0.1, 0.15) is 17.1 Å². The largest absolute Gasteiger partial charge is 0.464 e. The molecule has 0 fully saturated rings. The van der Waals surface area contributed by atoms with Crippen LogP contribution in [0.2, 0.25) is 0 Å². The number of aromatic nitrogens is 2. The van der Waals surface area contributed by atoms with E-state index in [4.69, 9.17) is 11.2 Å². The highest BCUT2D eigenvalue weighted by atomic mass is 79.9. The van der Waals surface area contributed by atoms with Gasteiger partial charge in [0, 0.05) is 0 Å². The lowest BCUT2D eigenvalue weighted by atomic mass is 10.3. The second-order valence-corrected chi connectivity index (χ2v) is 4.45. The third-order valence-corrected chi connectivity index (χ3v) is 3.00. The topological polar surface area (TPSA) is 73.2 Å². The SMILES string of the molecule is C#CCn1ncc(NC(C)C(=O)OCC)c(Br)c1=O. The van der Waals surface area contributed by atoms with Crippen molar-refractivity contribution in [3.05, 3.63) is 21.0 Å². The predicted molar refractivity (Wildman–Crippen MR) is 74.7 cm³/mol. The number of esters is 1. The van der Waals surface area contributed by atoms with Crippen LogP contribution >= 0.6 is 15.9 Å². The second kappa shape index (κ2) is 6.95. The van der Waals surface area contributed by atoms with Crippen LogP contribution < -0.4 is 10.9 Å². The van der Waals surface area contributed by atoms with Crippen molar-refractivity contribution in [2.45, 2.75) is 26.4 Å². The van der Waals surface area contributed by atoms with Crippen LogP contribution in [0, 0.1) is 12.3 Å². The lowest BCUT2D eigenvalue weighted by Crippen LogP contribution is -2.30. The molecule has 0 spiro atoms. The molecule has 1 aromatic rings. The summed E-state index contributed by atoms with van der Waals surface area (Å²) in [4.78, 5) is 23.3. The molecular weight excluding hydrogens is 314 g/mol. The Labute approximate surface area is 119 Å². The van der Waals surface area contributed by atoms with Gasteiger partial charge in [-0.25, -0.2) is 9.48 Å². The quantitative estimate of drug-likeness (QED) is 0.645. The zero-order valence-corrected chi connectivity index (χ0v) is 12.2. The van der Waals surface area contributed by atoms with Crippen LogP contribution in [0.5, 0.6) is 0 Å². The van der Waals surface area contributed by atoms with Gasteiger partial charge in [-0.2, -0.15) is 5.10 Å². The van der Waals surface area contributed by atoms with Gasteiger partial charge in [0.2, 0.25) is 0 Å². The van der Waals surface area contributed by atoms with Gasteiger partial charge in [-0.15, -0.1) is 6.42 Å². The van der Waals surface area contributed by atoms with Crippen LogP contribution in [-0.2, 0) is 16.1 Å². The Balaban J connectivity index is 2.92. The van der Waals surface area contributed by atoms with Crippen LogP contribution in [0.4, 0.5) is 5.69 Å². The summed E-state index contributed by atoms with van der Waals surface area (Å²) < 4.78 is 6.28. The van der Waals surface area contributed by atoms with E-state index in [9.17, 15) is 9.59 Å². The second-order valence-electron chi connectivity index (χ2n) is 3.66. The van der Waals surface area contributed by atoms with Gasteiger partial charge in [0.15, 0.2) is 0 Å². The Morgan fingerprint density at radius 1 is 1.74 bits per heavy atom. The number of carbonyl (C=O) groups is 1. The van der Waals surface area contributed by atoms with E-state index in [0.29, 0.717) is 12.3 Å². The molecule has 6 nitrogen and oxygen atoms in total. The Bertz CT molecular complexity index is 562. The summed E-state index contributed by atoms with van der Waals surface area (Å²) in [6.45, 7) is 3.75. The third kappa shape index (κ3) is 3.83. The van der Waals surface area contributed by atoms with Crippen molar-refractivity contribution >= 4 is 27.6 Å². The summed E-state index contributed by atoms with van der Waals surface area (Å²) in [6, 6.07) is -0.582. The number of rotatable bonds is 5. The first kappa shape index (κ1) is 15.2. The fourth-order valence-corrected chi connectivity index (χ4v) is 1.75. The fourth-order valence-electron chi connectivity index (χ4n) is 1.32. The van der Waals surface area contributed by atoms with Gasteiger partial charge in [0.05, 0.1) is 18.5 Å². The van der Waals surface area contributed by atoms with Crippen molar-refractivity contribution in [3.8, 4) is 12.3 Å². The van der Waals surface area contributed by atoms with Crippen LogP contribution in [0.25, 0.3) is 0 Å². The highest BCUT2D eigenvalue weighted by Crippen LogP contribution is 2.17. The normalized spacial score (nSPS) is 11.5. The maximum absolute atomic E-state index is 11.9. The first-order chi connectivity index (χ1) is 9.01. The average Bonchev–Trinajstić information content (AvgIpc) is 2.38. The highest BCUT2D eigenvalue weighted by molar-refractivity contribution is 9.10. The van der Waals surface area contributed by atoms with Gasteiger partial charge in [-0.3, -0.25) is 4.79 Å². The number of carbonyl (C=O) groups excluding carboxylic acids is 1. The average molecular weight is 328 g/mol. The van der Waals surface area contributed by atoms with E-state index in [2.05, 4.69) is 32.3 Å². The van der Waals surface area contributed by atoms with Crippen molar-refractivity contribution < 1.29 is 9.53 Å². The summed E-state index contributed by atoms with van der Waals surface area (Å²) in [5, 5.41) is 6.76. The van der Waals surface area contributed by atoms with Crippen LogP contribution in [0.1, 0.15) is 13.8 Å². The summed E-state index contributed by atoms with van der Waals surface area (Å²) >= 11 is 3.16. The molecule has 0 aliphatic heterocycles. The minimum absolute atomic E-state index is 0.0884. The molecule has 1 atom stereocenters. The molecule has 1 N–H and O–H groups in total. The van der Waals surface area contributed by atoms with Crippen LogP contribution in [0.15, 0.2) is 15.5 Å². The number of hydrogen-bond acceptors (Lipinski definition) is 5. The Morgan fingerprint density at radius 3 is 3.00 bits per heavy atom. The Kier molecular flexibility index (Phi) is 5.57. The summed E-state index contributed by atoms with van der Waals surface area (Å²) in [6.07, 6.45) is 6.56. The molecule has 0 radical (unpaired) electrons. The molecule has 0 aromatic carbocycles. The highest BCUT2D eigenvalue weighted by Gasteiger charge is 2.16. The van der Waals surface area contributed by atoms with E-state index in [1.54, 1.807) is 13.8 Å². The number of halogens is 1. The van der Waals surface area contributed by atoms with E-state index >= 15 is 0 Å². The molecule has 0 amide bonds. The smallest absolute Gasteiger partial charge is 0.328 e. The number of ether oxygens (including phenoxy) is 1. The fraction of sp³-hybridized carbons (Fsp3) is 0.417. The molecule has 0 aliphatic carbocycles. The summed E-state index contributed by atoms with van der Waals surface area (Å²) in [5.74, 6) is 1.93. The van der Waals surface area contributed by atoms with Crippen LogP contribution in [-0.4, -0.2) is 28.4 Å². The lowest BCUT2D eigenvalue weighted by Gasteiger charge is -2.14. The Morgan fingerprint density at radius 2 is 2.42 bits per heavy atom. The van der Waals surface area contributed by atoms with Gasteiger partial charge >= 0.3 is 5.97 Å². The van der Waals surface area contributed by atoms with Crippen LogP contribution in [0.3, 0.4) is 0 Å². The van der Waals surface area contributed by atoms with Gasteiger partial charge in [-0.1, -0.05) is 5.92 Å². The monoisotopic (exact) mass is 327 g/mol. The standard InChI is InChI=1S/C12H14BrN3O3/c1-4-6-16-11(17)10(13)9(7-14-16)15-8(3)12(18)19-5-2/h1,7-8,15H,5-6H2,2-3H3. The van der Waals surface area contributed by atoms with E-state index in [1.807, 2.05) is 0 Å². The minimum atomic E-state index is -0.582. The van der Waals surface area contributed by atoms with E-state index < -0.39 is 12.0 Å². The molecule has 0 bridgehead atoms. The van der Waals surface area contributed by atoms with E-state index in [-0.39, 0.29) is 16.6 Å². The van der Waals surface area contributed by atoms with Crippen molar-refractivity contribution in [1.82, 2.24) is 9.78 Å². The molecule has 1 unspecified atom stereocenters. The van der Waals surface area contributed by atoms with Gasteiger partial charge < -0.3 is 10.1 Å². The van der Waals surface area contributed by atoms with Crippen molar-refractivity contribution in [2.75, 3.05) is 11.9 Å². The molecule has 1 heterocycles. The maximum atomic E-state index is 11.9. The van der Waals surface area contributed by atoms with Crippen molar-refractivity contribution in [2.24, 2.45) is 0 Å². The molecule has 7 heteroatoms. The van der Waals surface area contributed by atoms with Gasteiger partial charge in [-0.05, 0) is 29.8 Å². The molecule has 19 heavy (non-hydrogen) atoms.